The molecule has 1 heterocycles. The van der Waals surface area contributed by atoms with Gasteiger partial charge in [0.05, 0.1) is 6.61 Å². The minimum absolute atomic E-state index is 0.0617. The van der Waals surface area contributed by atoms with Crippen molar-refractivity contribution in [3.8, 4) is 0 Å². The van der Waals surface area contributed by atoms with Crippen molar-refractivity contribution < 1.29 is 9.53 Å². The van der Waals surface area contributed by atoms with Crippen molar-refractivity contribution >= 4 is 16.9 Å². The number of esters is 1. The van der Waals surface area contributed by atoms with Gasteiger partial charge in [-0.15, -0.1) is 0 Å². The van der Waals surface area contributed by atoms with E-state index in [2.05, 4.69) is 4.98 Å². The van der Waals surface area contributed by atoms with Crippen LogP contribution >= 0.6 is 0 Å². The standard InChI is InChI=1S/C15H17NO3/c1-4-19-15(18)13-12(9(2)3)10-7-5-6-8-11(10)16-14(13)17/h5-9H,4H2,1-3H3,(H,16,17). The van der Waals surface area contributed by atoms with Gasteiger partial charge in [0.1, 0.15) is 5.56 Å². The summed E-state index contributed by atoms with van der Waals surface area (Å²) in [6.45, 7) is 5.90. The molecule has 0 spiro atoms. The number of hydrogen-bond donors (Lipinski definition) is 1. The van der Waals surface area contributed by atoms with Crippen molar-refractivity contribution in [2.75, 3.05) is 6.61 Å². The maximum atomic E-state index is 12.1. The lowest BCUT2D eigenvalue weighted by molar-refractivity contribution is 0.0523. The Kier molecular flexibility index (Phi) is 3.69. The predicted molar refractivity (Wildman–Crippen MR) is 74.6 cm³/mol. The normalized spacial score (nSPS) is 10.9. The molecule has 1 aromatic heterocycles. The van der Waals surface area contributed by atoms with E-state index in [1.807, 2.05) is 38.1 Å². The first kappa shape index (κ1) is 13.3. The summed E-state index contributed by atoms with van der Waals surface area (Å²) in [7, 11) is 0. The smallest absolute Gasteiger partial charge is 0.344 e. The Balaban J connectivity index is 2.82. The number of carbonyl (C=O) groups is 1. The molecule has 0 aliphatic rings. The molecular formula is C15H17NO3. The Morgan fingerprint density at radius 3 is 2.63 bits per heavy atom. The van der Waals surface area contributed by atoms with Crippen LogP contribution in [0.25, 0.3) is 10.9 Å². The Hall–Kier alpha value is -2.10. The first-order valence-corrected chi connectivity index (χ1v) is 6.38. The molecule has 4 nitrogen and oxygen atoms in total. The van der Waals surface area contributed by atoms with Crippen LogP contribution in [0.3, 0.4) is 0 Å². The maximum absolute atomic E-state index is 12.1. The molecule has 1 aromatic carbocycles. The van der Waals surface area contributed by atoms with Crippen LogP contribution in [0.5, 0.6) is 0 Å². The van der Waals surface area contributed by atoms with Crippen LogP contribution in [0.4, 0.5) is 0 Å². The molecule has 4 heteroatoms. The average molecular weight is 259 g/mol. The Labute approximate surface area is 111 Å². The molecule has 2 aromatic rings. The van der Waals surface area contributed by atoms with Crippen LogP contribution in [0.15, 0.2) is 29.1 Å². The molecule has 0 radical (unpaired) electrons. The van der Waals surface area contributed by atoms with Gasteiger partial charge in [-0.05, 0) is 24.5 Å². The zero-order valence-electron chi connectivity index (χ0n) is 11.3. The lowest BCUT2D eigenvalue weighted by Crippen LogP contribution is -2.23. The molecule has 0 aliphatic heterocycles. The lowest BCUT2D eigenvalue weighted by Gasteiger charge is -2.14. The second-order valence-electron chi connectivity index (χ2n) is 4.66. The van der Waals surface area contributed by atoms with E-state index in [1.54, 1.807) is 6.92 Å². The number of fused-ring (bicyclic) bond motifs is 1. The van der Waals surface area contributed by atoms with E-state index in [4.69, 9.17) is 4.74 Å². The van der Waals surface area contributed by atoms with Gasteiger partial charge in [0, 0.05) is 10.9 Å². The highest BCUT2D eigenvalue weighted by molar-refractivity contribution is 5.97. The van der Waals surface area contributed by atoms with Gasteiger partial charge >= 0.3 is 5.97 Å². The fourth-order valence-electron chi connectivity index (χ4n) is 2.27. The van der Waals surface area contributed by atoms with Crippen LogP contribution in [0, 0.1) is 0 Å². The number of aromatic amines is 1. The topological polar surface area (TPSA) is 59.2 Å². The highest BCUT2D eigenvalue weighted by Crippen LogP contribution is 2.26. The highest BCUT2D eigenvalue weighted by Gasteiger charge is 2.21. The summed E-state index contributed by atoms with van der Waals surface area (Å²) < 4.78 is 4.99. The van der Waals surface area contributed by atoms with Gasteiger partial charge < -0.3 is 9.72 Å². The number of rotatable bonds is 3. The van der Waals surface area contributed by atoms with Crippen molar-refractivity contribution in [2.24, 2.45) is 0 Å². The largest absolute Gasteiger partial charge is 0.462 e. The number of benzene rings is 1. The van der Waals surface area contributed by atoms with Crippen LogP contribution in [-0.4, -0.2) is 17.6 Å². The Morgan fingerprint density at radius 1 is 1.32 bits per heavy atom. The quantitative estimate of drug-likeness (QED) is 0.862. The van der Waals surface area contributed by atoms with Gasteiger partial charge in [-0.3, -0.25) is 4.79 Å². The fraction of sp³-hybridized carbons (Fsp3) is 0.333. The number of para-hydroxylation sites is 1. The monoisotopic (exact) mass is 259 g/mol. The zero-order valence-corrected chi connectivity index (χ0v) is 11.3. The SMILES string of the molecule is CCOC(=O)c1c(C(C)C)c2ccccc2[nH]c1=O. The number of pyridine rings is 1. The van der Waals surface area contributed by atoms with E-state index < -0.39 is 5.97 Å². The molecular weight excluding hydrogens is 242 g/mol. The molecule has 0 bridgehead atoms. The number of hydrogen-bond acceptors (Lipinski definition) is 3. The van der Waals surface area contributed by atoms with E-state index in [-0.39, 0.29) is 23.6 Å². The van der Waals surface area contributed by atoms with Gasteiger partial charge in [-0.25, -0.2) is 4.79 Å². The minimum atomic E-state index is -0.557. The number of carbonyl (C=O) groups excluding carboxylic acids is 1. The fourth-order valence-corrected chi connectivity index (χ4v) is 2.27. The zero-order chi connectivity index (χ0) is 14.0. The molecule has 0 atom stereocenters. The van der Waals surface area contributed by atoms with Gasteiger partial charge in [0.15, 0.2) is 0 Å². The minimum Gasteiger partial charge on any atom is -0.462 e. The maximum Gasteiger partial charge on any atom is 0.344 e. The summed E-state index contributed by atoms with van der Waals surface area (Å²) in [5.41, 5.74) is 1.22. The molecule has 1 N–H and O–H groups in total. The molecule has 0 unspecified atom stereocenters. The average Bonchev–Trinajstić information content (AvgIpc) is 2.37. The van der Waals surface area contributed by atoms with Gasteiger partial charge in [-0.2, -0.15) is 0 Å². The third kappa shape index (κ3) is 2.38. The van der Waals surface area contributed by atoms with Crippen LogP contribution in [0.2, 0.25) is 0 Å². The highest BCUT2D eigenvalue weighted by atomic mass is 16.5. The number of nitrogens with one attached hydrogen (secondary N) is 1. The van der Waals surface area contributed by atoms with Crippen molar-refractivity contribution in [2.45, 2.75) is 26.7 Å². The second-order valence-corrected chi connectivity index (χ2v) is 4.66. The summed E-state index contributed by atoms with van der Waals surface area (Å²) in [6.07, 6.45) is 0. The second kappa shape index (κ2) is 5.26. The summed E-state index contributed by atoms with van der Waals surface area (Å²) in [5.74, 6) is -0.496. The van der Waals surface area contributed by atoms with E-state index >= 15 is 0 Å². The van der Waals surface area contributed by atoms with Crippen molar-refractivity contribution in [3.63, 3.8) is 0 Å². The third-order valence-corrected chi connectivity index (χ3v) is 3.02. The number of ether oxygens (including phenoxy) is 1. The summed E-state index contributed by atoms with van der Waals surface area (Å²) in [6, 6.07) is 7.48. The molecule has 100 valence electrons. The molecule has 0 saturated heterocycles. The van der Waals surface area contributed by atoms with E-state index in [0.29, 0.717) is 0 Å². The Morgan fingerprint density at radius 2 is 2.00 bits per heavy atom. The van der Waals surface area contributed by atoms with Crippen molar-refractivity contribution in [1.29, 1.82) is 0 Å². The first-order valence-electron chi connectivity index (χ1n) is 6.38. The molecule has 19 heavy (non-hydrogen) atoms. The van der Waals surface area contributed by atoms with E-state index in [0.717, 1.165) is 16.5 Å². The molecule has 0 amide bonds. The van der Waals surface area contributed by atoms with Gasteiger partial charge in [0.2, 0.25) is 0 Å². The molecule has 0 saturated carbocycles. The van der Waals surface area contributed by atoms with Gasteiger partial charge in [0.25, 0.3) is 5.56 Å². The van der Waals surface area contributed by atoms with Crippen LogP contribution in [-0.2, 0) is 4.74 Å². The Bertz CT molecular complexity index is 671. The van der Waals surface area contributed by atoms with Gasteiger partial charge in [-0.1, -0.05) is 32.0 Å². The van der Waals surface area contributed by atoms with E-state index in [9.17, 15) is 9.59 Å². The number of H-pyrrole nitrogens is 1. The molecule has 2 rings (SSSR count). The first-order chi connectivity index (χ1) is 9.06. The molecule has 0 aliphatic carbocycles. The van der Waals surface area contributed by atoms with Crippen molar-refractivity contribution in [3.05, 3.63) is 45.7 Å². The van der Waals surface area contributed by atoms with E-state index in [1.165, 1.54) is 0 Å². The molecule has 0 fully saturated rings. The third-order valence-electron chi connectivity index (χ3n) is 3.02. The number of aromatic nitrogens is 1. The predicted octanol–water partition coefficient (Wildman–Crippen LogP) is 2.83. The lowest BCUT2D eigenvalue weighted by atomic mass is 9.94. The summed E-state index contributed by atoms with van der Waals surface area (Å²) in [5, 5.41) is 0.889. The summed E-state index contributed by atoms with van der Waals surface area (Å²) >= 11 is 0. The van der Waals surface area contributed by atoms with Crippen LogP contribution < -0.4 is 5.56 Å². The van der Waals surface area contributed by atoms with Crippen LogP contribution in [0.1, 0.15) is 42.6 Å². The summed E-state index contributed by atoms with van der Waals surface area (Å²) in [4.78, 5) is 26.8. The van der Waals surface area contributed by atoms with Crippen molar-refractivity contribution in [1.82, 2.24) is 4.98 Å².